The first-order valence-electron chi connectivity index (χ1n) is 15.1. The van der Waals surface area contributed by atoms with Gasteiger partial charge in [0, 0.05) is 16.5 Å². The monoisotopic (exact) mass is 566 g/mol. The fraction of sp³-hybridized carbons (Fsp3) is 0.0714. The zero-order valence-electron chi connectivity index (χ0n) is 25.2. The van der Waals surface area contributed by atoms with E-state index in [9.17, 15) is 0 Å². The van der Waals surface area contributed by atoms with E-state index < -0.39 is 5.41 Å². The van der Waals surface area contributed by atoms with Gasteiger partial charge in [-0.2, -0.15) is 0 Å². The van der Waals surface area contributed by atoms with Crippen LogP contribution >= 0.6 is 0 Å². The summed E-state index contributed by atoms with van der Waals surface area (Å²) < 4.78 is 2.30. The third-order valence-corrected chi connectivity index (χ3v) is 8.92. The topological polar surface area (TPSA) is 17.3 Å². The zero-order chi connectivity index (χ0) is 30.3. The standard InChI is InChI=1S/C42H34N2/c1-5-7-18-29(3)30(4)43-41(6-2)44-39-26-17-15-24-34(39)36-27-38-35(28-40(36)44)33-23-14-16-25-37(33)42(38,31-19-10-8-11-20-31)32-21-12-9-13-22-32/h5-28H,1,3H2,2,4H3/b18-7-,41-6+,43-30?. The average Bonchev–Trinajstić information content (AvgIpc) is 3.56. The molecule has 44 heavy (non-hydrogen) atoms. The van der Waals surface area contributed by atoms with Crippen LogP contribution in [0.15, 0.2) is 169 Å². The summed E-state index contributed by atoms with van der Waals surface area (Å²) in [7, 11) is 0. The number of hydrogen-bond acceptors (Lipinski definition) is 1. The van der Waals surface area contributed by atoms with Crippen LogP contribution in [-0.2, 0) is 5.41 Å². The van der Waals surface area contributed by atoms with Gasteiger partial charge in [0.1, 0.15) is 5.82 Å². The van der Waals surface area contributed by atoms with Crippen LogP contribution in [0.2, 0.25) is 0 Å². The van der Waals surface area contributed by atoms with Crippen molar-refractivity contribution in [1.82, 2.24) is 4.57 Å². The molecule has 6 aromatic rings. The van der Waals surface area contributed by atoms with E-state index in [4.69, 9.17) is 4.99 Å². The highest BCUT2D eigenvalue weighted by Gasteiger charge is 2.46. The van der Waals surface area contributed by atoms with Crippen molar-refractivity contribution in [2.24, 2.45) is 4.99 Å². The SMILES string of the molecule is C=C/C=C\C(=C)C(C)=N/C(=C\C)n1c2ccccc2c2cc3c(cc21)-c1ccccc1C3(c1ccccc1)c1ccccc1. The van der Waals surface area contributed by atoms with Crippen molar-refractivity contribution in [1.29, 1.82) is 0 Å². The van der Waals surface area contributed by atoms with E-state index in [1.807, 2.05) is 26.0 Å². The molecule has 1 aliphatic rings. The van der Waals surface area contributed by atoms with Gasteiger partial charge in [-0.05, 0) is 77.1 Å². The van der Waals surface area contributed by atoms with E-state index in [0.29, 0.717) is 0 Å². The molecule has 0 fully saturated rings. The summed E-state index contributed by atoms with van der Waals surface area (Å²) in [5.41, 5.74) is 11.2. The molecule has 0 spiro atoms. The molecule has 0 unspecified atom stereocenters. The Balaban J connectivity index is 1.58. The maximum Gasteiger partial charge on any atom is 0.133 e. The summed E-state index contributed by atoms with van der Waals surface area (Å²) in [6.07, 6.45) is 7.68. The first kappa shape index (κ1) is 27.4. The normalized spacial score (nSPS) is 14.2. The van der Waals surface area contributed by atoms with Gasteiger partial charge in [0.2, 0.25) is 0 Å². The fourth-order valence-electron chi connectivity index (χ4n) is 6.94. The number of benzene rings is 5. The molecule has 5 aromatic carbocycles. The van der Waals surface area contributed by atoms with Crippen LogP contribution in [0.1, 0.15) is 36.1 Å². The number of hydrogen-bond donors (Lipinski definition) is 0. The molecule has 0 bridgehead atoms. The Bertz CT molecular complexity index is 2110. The predicted octanol–water partition coefficient (Wildman–Crippen LogP) is 10.7. The highest BCUT2D eigenvalue weighted by Crippen LogP contribution is 2.57. The van der Waals surface area contributed by atoms with Crippen molar-refractivity contribution < 1.29 is 0 Å². The molecule has 0 saturated heterocycles. The number of rotatable bonds is 7. The third-order valence-electron chi connectivity index (χ3n) is 8.92. The Morgan fingerprint density at radius 2 is 1.34 bits per heavy atom. The molecule has 212 valence electrons. The summed E-state index contributed by atoms with van der Waals surface area (Å²) in [5, 5.41) is 2.41. The summed E-state index contributed by atoms with van der Waals surface area (Å²) in [5.74, 6) is 0.866. The van der Waals surface area contributed by atoms with Crippen LogP contribution < -0.4 is 0 Å². The number of fused-ring (bicyclic) bond motifs is 6. The van der Waals surface area contributed by atoms with Crippen LogP contribution in [0.25, 0.3) is 38.8 Å². The smallest absolute Gasteiger partial charge is 0.133 e. The highest BCUT2D eigenvalue weighted by atomic mass is 15.1. The van der Waals surface area contributed by atoms with Crippen molar-refractivity contribution in [2.45, 2.75) is 19.3 Å². The number of aromatic nitrogens is 1. The maximum atomic E-state index is 5.11. The zero-order valence-corrected chi connectivity index (χ0v) is 25.2. The van der Waals surface area contributed by atoms with Crippen LogP contribution in [0.4, 0.5) is 0 Å². The lowest BCUT2D eigenvalue weighted by atomic mass is 9.67. The second-order valence-corrected chi connectivity index (χ2v) is 11.3. The molecule has 0 atom stereocenters. The molecule has 7 rings (SSSR count). The average molecular weight is 567 g/mol. The van der Waals surface area contributed by atoms with E-state index in [0.717, 1.165) is 28.1 Å². The number of aliphatic imine (C=N–C) groups is 1. The maximum absolute atomic E-state index is 5.11. The second-order valence-electron chi connectivity index (χ2n) is 11.3. The molecule has 1 aliphatic carbocycles. The summed E-state index contributed by atoms with van der Waals surface area (Å²) >= 11 is 0. The van der Waals surface area contributed by atoms with Gasteiger partial charge in [-0.25, -0.2) is 4.99 Å². The van der Waals surface area contributed by atoms with Gasteiger partial charge in [-0.3, -0.25) is 4.57 Å². The Kier molecular flexibility index (Phi) is 6.83. The van der Waals surface area contributed by atoms with Crippen molar-refractivity contribution in [3.05, 3.63) is 187 Å². The number of para-hydroxylation sites is 1. The van der Waals surface area contributed by atoms with Gasteiger partial charge in [0.15, 0.2) is 0 Å². The van der Waals surface area contributed by atoms with Crippen molar-refractivity contribution in [3.63, 3.8) is 0 Å². The van der Waals surface area contributed by atoms with Crippen LogP contribution in [0.5, 0.6) is 0 Å². The lowest BCUT2D eigenvalue weighted by Gasteiger charge is -2.33. The predicted molar refractivity (Wildman–Crippen MR) is 188 cm³/mol. The van der Waals surface area contributed by atoms with Crippen molar-refractivity contribution in [2.75, 3.05) is 0 Å². The fourth-order valence-corrected chi connectivity index (χ4v) is 6.94. The molecule has 2 nitrogen and oxygen atoms in total. The molecular formula is C42H34N2. The third kappa shape index (κ3) is 4.06. The Labute approximate surface area is 259 Å². The van der Waals surface area contributed by atoms with Crippen LogP contribution in [0, 0.1) is 0 Å². The van der Waals surface area contributed by atoms with Gasteiger partial charge in [0.25, 0.3) is 0 Å². The van der Waals surface area contributed by atoms with Crippen molar-refractivity contribution >= 4 is 33.3 Å². The van der Waals surface area contributed by atoms with Gasteiger partial charge < -0.3 is 0 Å². The molecular weight excluding hydrogens is 532 g/mol. The Hall–Kier alpha value is -5.47. The highest BCUT2D eigenvalue weighted by molar-refractivity contribution is 6.13. The van der Waals surface area contributed by atoms with E-state index in [2.05, 4.69) is 145 Å². The minimum Gasteiger partial charge on any atom is -0.294 e. The van der Waals surface area contributed by atoms with E-state index >= 15 is 0 Å². The molecule has 0 N–H and O–H groups in total. The lowest BCUT2D eigenvalue weighted by Crippen LogP contribution is -2.28. The summed E-state index contributed by atoms with van der Waals surface area (Å²) in [6, 6.07) is 44.3. The molecule has 2 heteroatoms. The van der Waals surface area contributed by atoms with Gasteiger partial charge in [0.05, 0.1) is 16.4 Å². The van der Waals surface area contributed by atoms with Gasteiger partial charge >= 0.3 is 0 Å². The quantitative estimate of drug-likeness (QED) is 0.135. The lowest BCUT2D eigenvalue weighted by molar-refractivity contribution is 0.769. The Morgan fingerprint density at radius 3 is 2.02 bits per heavy atom. The van der Waals surface area contributed by atoms with E-state index in [1.54, 1.807) is 6.08 Å². The molecule has 0 aliphatic heterocycles. The van der Waals surface area contributed by atoms with Gasteiger partial charge in [-0.15, -0.1) is 0 Å². The second kappa shape index (κ2) is 11.0. The Morgan fingerprint density at radius 1 is 0.705 bits per heavy atom. The van der Waals surface area contributed by atoms with Gasteiger partial charge in [-0.1, -0.05) is 135 Å². The van der Waals surface area contributed by atoms with Crippen LogP contribution in [0.3, 0.4) is 0 Å². The number of nitrogens with zero attached hydrogens (tertiary/aromatic N) is 2. The number of allylic oxidation sites excluding steroid dienone is 5. The van der Waals surface area contributed by atoms with E-state index in [1.165, 1.54) is 44.2 Å². The van der Waals surface area contributed by atoms with E-state index in [-0.39, 0.29) is 0 Å². The minimum atomic E-state index is -0.445. The molecule has 1 aromatic heterocycles. The van der Waals surface area contributed by atoms with Crippen LogP contribution in [-0.4, -0.2) is 10.3 Å². The first-order valence-corrected chi connectivity index (χ1v) is 15.1. The largest absolute Gasteiger partial charge is 0.294 e. The molecule has 0 saturated carbocycles. The molecule has 0 amide bonds. The first-order chi connectivity index (χ1) is 21.6. The van der Waals surface area contributed by atoms with Crippen molar-refractivity contribution in [3.8, 4) is 11.1 Å². The molecule has 1 heterocycles. The molecule has 0 radical (unpaired) electrons. The summed E-state index contributed by atoms with van der Waals surface area (Å²) in [4.78, 5) is 5.11. The summed E-state index contributed by atoms with van der Waals surface area (Å²) in [6.45, 7) is 12.1. The minimum absolute atomic E-state index is 0.445.